The second-order valence-electron chi connectivity index (χ2n) is 5.97. The van der Waals surface area contributed by atoms with Crippen molar-refractivity contribution in [2.45, 2.75) is 37.6 Å². The van der Waals surface area contributed by atoms with Crippen molar-refractivity contribution >= 4 is 15.7 Å². The fourth-order valence-corrected chi connectivity index (χ4v) is 4.16. The van der Waals surface area contributed by atoms with E-state index >= 15 is 0 Å². The van der Waals surface area contributed by atoms with Crippen LogP contribution in [0.5, 0.6) is 0 Å². The molecule has 1 amide bonds. The molecule has 1 saturated heterocycles. The molecule has 0 spiro atoms. The zero-order valence-corrected chi connectivity index (χ0v) is 12.8. The summed E-state index contributed by atoms with van der Waals surface area (Å²) < 4.78 is 22.6. The normalized spacial score (nSPS) is 26.1. The first kappa shape index (κ1) is 15.7. The molecular formula is C13H25N3O3S. The number of hydrogen-bond acceptors (Lipinski definition) is 5. The summed E-state index contributed by atoms with van der Waals surface area (Å²) in [7, 11) is -2.83. The number of nitrogens with zero attached hydrogens (tertiary/aromatic N) is 1. The van der Waals surface area contributed by atoms with Crippen LogP contribution in [0.4, 0.5) is 0 Å². The van der Waals surface area contributed by atoms with E-state index in [0.29, 0.717) is 26.2 Å². The van der Waals surface area contributed by atoms with Crippen LogP contribution >= 0.6 is 0 Å². The smallest absolute Gasteiger partial charge is 0.240 e. The van der Waals surface area contributed by atoms with Crippen molar-refractivity contribution in [2.24, 2.45) is 5.73 Å². The van der Waals surface area contributed by atoms with Crippen LogP contribution in [0.25, 0.3) is 0 Å². The number of amides is 1. The van der Waals surface area contributed by atoms with Gasteiger partial charge < -0.3 is 11.1 Å². The van der Waals surface area contributed by atoms with Gasteiger partial charge in [-0.25, -0.2) is 8.42 Å². The topological polar surface area (TPSA) is 92.5 Å². The zero-order chi connectivity index (χ0) is 14.6. The van der Waals surface area contributed by atoms with Crippen molar-refractivity contribution in [3.05, 3.63) is 0 Å². The molecule has 20 heavy (non-hydrogen) atoms. The van der Waals surface area contributed by atoms with Gasteiger partial charge in [-0.05, 0) is 12.8 Å². The molecule has 1 aliphatic heterocycles. The lowest BCUT2D eigenvalue weighted by molar-refractivity contribution is -0.127. The fraction of sp³-hybridized carbons (Fsp3) is 0.923. The van der Waals surface area contributed by atoms with Gasteiger partial charge in [0.2, 0.25) is 5.91 Å². The first-order chi connectivity index (χ1) is 9.41. The Morgan fingerprint density at radius 1 is 1.15 bits per heavy atom. The summed E-state index contributed by atoms with van der Waals surface area (Å²) in [6, 6.07) is 0. The quantitative estimate of drug-likeness (QED) is 0.730. The number of nitrogens with one attached hydrogen (secondary N) is 1. The molecule has 0 aromatic rings. The predicted octanol–water partition coefficient (Wildman–Crippen LogP) is -0.505. The van der Waals surface area contributed by atoms with Crippen molar-refractivity contribution in [3.63, 3.8) is 0 Å². The van der Waals surface area contributed by atoms with Gasteiger partial charge in [0.05, 0.1) is 17.0 Å². The third-order valence-electron chi connectivity index (χ3n) is 4.35. The van der Waals surface area contributed by atoms with Crippen LogP contribution in [0, 0.1) is 0 Å². The van der Waals surface area contributed by atoms with Crippen molar-refractivity contribution in [1.82, 2.24) is 10.2 Å². The van der Waals surface area contributed by atoms with Crippen molar-refractivity contribution < 1.29 is 13.2 Å². The minimum Gasteiger partial charge on any atom is -0.353 e. The summed E-state index contributed by atoms with van der Waals surface area (Å²) in [5.41, 5.74) is 5.46. The van der Waals surface area contributed by atoms with Gasteiger partial charge in [0.15, 0.2) is 9.84 Å². The van der Waals surface area contributed by atoms with Gasteiger partial charge in [-0.1, -0.05) is 19.3 Å². The standard InChI is InChI=1S/C13H25N3O3S/c14-13(4-2-1-3-5-13)12(17)15-6-7-16-8-10-20(18,19)11-9-16/h1-11,14H2,(H,15,17). The van der Waals surface area contributed by atoms with E-state index in [1.165, 1.54) is 0 Å². The molecule has 1 aliphatic carbocycles. The highest BCUT2D eigenvalue weighted by Gasteiger charge is 2.35. The lowest BCUT2D eigenvalue weighted by Gasteiger charge is -2.32. The number of sulfone groups is 1. The Hall–Kier alpha value is -0.660. The summed E-state index contributed by atoms with van der Waals surface area (Å²) in [6.07, 6.45) is 4.73. The van der Waals surface area contributed by atoms with Gasteiger partial charge in [-0.2, -0.15) is 0 Å². The zero-order valence-electron chi connectivity index (χ0n) is 11.9. The van der Waals surface area contributed by atoms with Gasteiger partial charge in [0, 0.05) is 26.2 Å². The third kappa shape index (κ3) is 4.17. The molecule has 0 aromatic carbocycles. The molecular weight excluding hydrogens is 278 g/mol. The highest BCUT2D eigenvalue weighted by atomic mass is 32.2. The van der Waals surface area contributed by atoms with Crippen LogP contribution < -0.4 is 11.1 Å². The molecule has 0 unspecified atom stereocenters. The van der Waals surface area contributed by atoms with Crippen LogP contribution in [-0.4, -0.2) is 62.4 Å². The van der Waals surface area contributed by atoms with Crippen molar-refractivity contribution in [3.8, 4) is 0 Å². The lowest BCUT2D eigenvalue weighted by atomic mass is 9.82. The van der Waals surface area contributed by atoms with E-state index in [9.17, 15) is 13.2 Å². The summed E-state index contributed by atoms with van der Waals surface area (Å²) in [4.78, 5) is 14.2. The average Bonchev–Trinajstić information content (AvgIpc) is 2.41. The summed E-state index contributed by atoms with van der Waals surface area (Å²) in [5, 5.41) is 2.91. The largest absolute Gasteiger partial charge is 0.353 e. The third-order valence-corrected chi connectivity index (χ3v) is 5.96. The molecule has 3 N–H and O–H groups in total. The maximum Gasteiger partial charge on any atom is 0.240 e. The number of carbonyl (C=O) groups excluding carboxylic acids is 1. The molecule has 0 atom stereocenters. The highest BCUT2D eigenvalue weighted by molar-refractivity contribution is 7.91. The van der Waals surface area contributed by atoms with E-state index in [1.54, 1.807) is 0 Å². The van der Waals surface area contributed by atoms with E-state index in [4.69, 9.17) is 5.73 Å². The fourth-order valence-electron chi connectivity index (χ4n) is 2.89. The molecule has 116 valence electrons. The maximum absolute atomic E-state index is 12.1. The minimum absolute atomic E-state index is 0.0539. The Kier molecular flexibility index (Phi) is 5.04. The SMILES string of the molecule is NC1(C(=O)NCCN2CCS(=O)(=O)CC2)CCCCC1. The van der Waals surface area contributed by atoms with Crippen LogP contribution in [0.15, 0.2) is 0 Å². The summed E-state index contributed by atoms with van der Waals surface area (Å²) in [5.74, 6) is 0.394. The molecule has 1 heterocycles. The Morgan fingerprint density at radius 2 is 1.75 bits per heavy atom. The lowest BCUT2D eigenvalue weighted by Crippen LogP contribution is -2.56. The Bertz CT molecular complexity index is 430. The van der Waals surface area contributed by atoms with Gasteiger partial charge >= 0.3 is 0 Å². The Balaban J connectivity index is 1.69. The molecule has 2 rings (SSSR count). The number of nitrogens with two attached hydrogens (primary N) is 1. The first-order valence-corrected chi connectivity index (χ1v) is 9.23. The van der Waals surface area contributed by atoms with Crippen molar-refractivity contribution in [1.29, 1.82) is 0 Å². The average molecular weight is 303 g/mol. The number of rotatable bonds is 4. The maximum atomic E-state index is 12.1. The van der Waals surface area contributed by atoms with Gasteiger partial charge in [0.1, 0.15) is 0 Å². The van der Waals surface area contributed by atoms with Crippen LogP contribution in [0.1, 0.15) is 32.1 Å². The highest BCUT2D eigenvalue weighted by Crippen LogP contribution is 2.25. The van der Waals surface area contributed by atoms with Crippen molar-refractivity contribution in [2.75, 3.05) is 37.7 Å². The van der Waals surface area contributed by atoms with Crippen LogP contribution in [0.3, 0.4) is 0 Å². The molecule has 6 nitrogen and oxygen atoms in total. The van der Waals surface area contributed by atoms with E-state index in [0.717, 1.165) is 32.1 Å². The molecule has 0 bridgehead atoms. The Morgan fingerprint density at radius 3 is 2.35 bits per heavy atom. The van der Waals surface area contributed by atoms with Gasteiger partial charge in [-0.15, -0.1) is 0 Å². The second-order valence-corrected chi connectivity index (χ2v) is 8.27. The van der Waals surface area contributed by atoms with Gasteiger partial charge in [-0.3, -0.25) is 9.69 Å². The van der Waals surface area contributed by atoms with Crippen LogP contribution in [0.2, 0.25) is 0 Å². The van der Waals surface area contributed by atoms with E-state index in [1.807, 2.05) is 0 Å². The second kappa shape index (κ2) is 6.41. The molecule has 1 saturated carbocycles. The van der Waals surface area contributed by atoms with E-state index in [2.05, 4.69) is 10.2 Å². The summed E-state index contributed by atoms with van der Waals surface area (Å²) >= 11 is 0. The summed E-state index contributed by atoms with van der Waals surface area (Å²) in [6.45, 7) is 2.35. The Labute approximate surface area is 121 Å². The number of carbonyl (C=O) groups is 1. The molecule has 2 aliphatic rings. The monoisotopic (exact) mass is 303 g/mol. The van der Waals surface area contributed by atoms with Crippen LogP contribution in [-0.2, 0) is 14.6 Å². The first-order valence-electron chi connectivity index (χ1n) is 7.41. The molecule has 0 radical (unpaired) electrons. The van der Waals surface area contributed by atoms with E-state index in [-0.39, 0.29) is 17.4 Å². The van der Waals surface area contributed by atoms with E-state index < -0.39 is 15.4 Å². The molecule has 0 aromatic heterocycles. The molecule has 7 heteroatoms. The molecule has 2 fully saturated rings. The van der Waals surface area contributed by atoms with Gasteiger partial charge in [0.25, 0.3) is 0 Å². The predicted molar refractivity (Wildman–Crippen MR) is 78.1 cm³/mol. The number of hydrogen-bond donors (Lipinski definition) is 2. The minimum atomic E-state index is -2.83.